The summed E-state index contributed by atoms with van der Waals surface area (Å²) in [6.07, 6.45) is -0.0808. The first-order valence-electron chi connectivity index (χ1n) is 12.0. The van der Waals surface area contributed by atoms with Gasteiger partial charge in [0, 0.05) is 5.02 Å². The molecule has 190 valence electrons. The number of ether oxygens (including phenoxy) is 1. The summed E-state index contributed by atoms with van der Waals surface area (Å²) in [5.74, 6) is -1.66. The van der Waals surface area contributed by atoms with Crippen LogP contribution in [-0.4, -0.2) is 41.2 Å². The van der Waals surface area contributed by atoms with Crippen LogP contribution in [0.5, 0.6) is 0 Å². The Hall–Kier alpha value is -3.97. The zero-order valence-electron chi connectivity index (χ0n) is 20.6. The van der Waals surface area contributed by atoms with Gasteiger partial charge in [-0.3, -0.25) is 14.4 Å². The van der Waals surface area contributed by atoms with Crippen LogP contribution in [0.3, 0.4) is 0 Å². The van der Waals surface area contributed by atoms with E-state index >= 15 is 0 Å². The lowest BCUT2D eigenvalue weighted by Crippen LogP contribution is -2.47. The number of carbonyl (C=O) groups is 4. The van der Waals surface area contributed by atoms with Crippen molar-refractivity contribution in [2.75, 3.05) is 11.5 Å². The highest BCUT2D eigenvalue weighted by Crippen LogP contribution is 2.32. The summed E-state index contributed by atoms with van der Waals surface area (Å²) < 4.78 is 5.00. The number of imide groups is 1. The first-order chi connectivity index (χ1) is 17.8. The molecule has 3 amide bonds. The normalized spacial score (nSPS) is 16.0. The van der Waals surface area contributed by atoms with Crippen molar-refractivity contribution >= 4 is 41.0 Å². The summed E-state index contributed by atoms with van der Waals surface area (Å²) in [6.45, 7) is 3.80. The molecule has 3 aromatic rings. The molecule has 8 heteroatoms. The molecule has 0 aromatic heterocycles. The van der Waals surface area contributed by atoms with E-state index in [1.807, 2.05) is 37.3 Å². The molecule has 1 heterocycles. The van der Waals surface area contributed by atoms with Crippen molar-refractivity contribution in [2.24, 2.45) is 0 Å². The highest BCUT2D eigenvalue weighted by atomic mass is 35.5. The molecule has 0 N–H and O–H groups in total. The summed E-state index contributed by atoms with van der Waals surface area (Å²) in [5, 5.41) is 0.562. The summed E-state index contributed by atoms with van der Waals surface area (Å²) in [6, 6.07) is 21.0. The first-order valence-corrected chi connectivity index (χ1v) is 12.4. The molecule has 37 heavy (non-hydrogen) atoms. The smallest absolute Gasteiger partial charge is 0.338 e. The van der Waals surface area contributed by atoms with Gasteiger partial charge in [-0.1, -0.05) is 54.1 Å². The number of hydrogen-bond acceptors (Lipinski definition) is 5. The second-order valence-corrected chi connectivity index (χ2v) is 9.18. The van der Waals surface area contributed by atoms with Crippen molar-refractivity contribution in [1.29, 1.82) is 0 Å². The van der Waals surface area contributed by atoms with Gasteiger partial charge in [0.1, 0.15) is 6.04 Å². The minimum atomic E-state index is -0.966. The van der Waals surface area contributed by atoms with Crippen molar-refractivity contribution in [3.05, 3.63) is 101 Å². The van der Waals surface area contributed by atoms with Crippen LogP contribution >= 0.6 is 11.6 Å². The molecule has 2 atom stereocenters. The van der Waals surface area contributed by atoms with E-state index in [4.69, 9.17) is 16.3 Å². The zero-order chi connectivity index (χ0) is 26.5. The molecule has 0 bridgehead atoms. The fourth-order valence-electron chi connectivity index (χ4n) is 4.49. The second kappa shape index (κ2) is 11.4. The molecule has 0 radical (unpaired) electrons. The van der Waals surface area contributed by atoms with Crippen LogP contribution in [-0.2, 0) is 25.5 Å². The Morgan fingerprint density at radius 1 is 1.00 bits per heavy atom. The number of hydrogen-bond donors (Lipinski definition) is 0. The Bertz CT molecular complexity index is 1290. The number of halogens is 1. The van der Waals surface area contributed by atoms with Crippen molar-refractivity contribution < 1.29 is 23.9 Å². The lowest BCUT2D eigenvalue weighted by atomic mass is 10.0. The van der Waals surface area contributed by atoms with Crippen molar-refractivity contribution in [3.63, 3.8) is 0 Å². The Kier molecular flexibility index (Phi) is 8.04. The molecule has 3 aromatic carbocycles. The molecule has 0 saturated carbocycles. The van der Waals surface area contributed by atoms with Gasteiger partial charge in [0.2, 0.25) is 11.8 Å². The van der Waals surface area contributed by atoms with Crippen LogP contribution in [0, 0.1) is 0 Å². The van der Waals surface area contributed by atoms with Gasteiger partial charge in [0.25, 0.3) is 5.91 Å². The Morgan fingerprint density at radius 3 is 2.27 bits per heavy atom. The van der Waals surface area contributed by atoms with Crippen LogP contribution in [0.4, 0.5) is 5.69 Å². The van der Waals surface area contributed by atoms with Gasteiger partial charge >= 0.3 is 5.97 Å². The maximum atomic E-state index is 13.6. The number of amides is 3. The van der Waals surface area contributed by atoms with Crippen LogP contribution in [0.25, 0.3) is 0 Å². The van der Waals surface area contributed by atoms with Gasteiger partial charge in [-0.15, -0.1) is 0 Å². The zero-order valence-corrected chi connectivity index (χ0v) is 21.4. The lowest BCUT2D eigenvalue weighted by molar-refractivity contribution is -0.140. The summed E-state index contributed by atoms with van der Waals surface area (Å²) in [5.41, 5.74) is 2.26. The highest BCUT2D eigenvalue weighted by Gasteiger charge is 2.46. The predicted octanol–water partition coefficient (Wildman–Crippen LogP) is 4.98. The maximum absolute atomic E-state index is 13.6. The molecule has 7 nitrogen and oxygen atoms in total. The van der Waals surface area contributed by atoms with E-state index in [2.05, 4.69) is 0 Å². The van der Waals surface area contributed by atoms with Gasteiger partial charge in [-0.2, -0.15) is 0 Å². The highest BCUT2D eigenvalue weighted by molar-refractivity contribution is 6.30. The van der Waals surface area contributed by atoms with Crippen LogP contribution in [0.1, 0.15) is 47.8 Å². The number of carbonyl (C=O) groups excluding carboxylic acids is 4. The Morgan fingerprint density at radius 2 is 1.65 bits per heavy atom. The molecule has 0 spiro atoms. The number of nitrogens with zero attached hydrogens (tertiary/aromatic N) is 2. The summed E-state index contributed by atoms with van der Waals surface area (Å²) in [4.78, 5) is 54.9. The summed E-state index contributed by atoms with van der Waals surface area (Å²) in [7, 11) is 0. The third-order valence-corrected chi connectivity index (χ3v) is 6.60. The van der Waals surface area contributed by atoms with E-state index in [0.717, 1.165) is 16.0 Å². The molecular formula is C29H27ClN2O5. The van der Waals surface area contributed by atoms with Gasteiger partial charge < -0.3 is 9.64 Å². The monoisotopic (exact) mass is 518 g/mol. The second-order valence-electron chi connectivity index (χ2n) is 8.75. The van der Waals surface area contributed by atoms with Crippen molar-refractivity contribution in [3.8, 4) is 0 Å². The fourth-order valence-corrected chi connectivity index (χ4v) is 4.61. The number of esters is 1. The van der Waals surface area contributed by atoms with E-state index in [1.165, 1.54) is 29.2 Å². The largest absolute Gasteiger partial charge is 0.462 e. The average molecular weight is 519 g/mol. The van der Waals surface area contributed by atoms with Crippen LogP contribution < -0.4 is 4.90 Å². The molecule has 1 aliphatic heterocycles. The molecule has 1 fully saturated rings. The molecular weight excluding hydrogens is 492 g/mol. The van der Waals surface area contributed by atoms with Crippen LogP contribution in [0.2, 0.25) is 5.02 Å². The van der Waals surface area contributed by atoms with E-state index < -0.39 is 29.9 Å². The Labute approximate surface area is 220 Å². The third kappa shape index (κ3) is 5.73. The van der Waals surface area contributed by atoms with Gasteiger partial charge in [-0.05, 0) is 61.4 Å². The van der Waals surface area contributed by atoms with Crippen molar-refractivity contribution in [2.45, 2.75) is 38.8 Å². The van der Waals surface area contributed by atoms with Gasteiger partial charge in [-0.25, -0.2) is 9.69 Å². The first kappa shape index (κ1) is 26.1. The minimum absolute atomic E-state index is 0.0561. The van der Waals surface area contributed by atoms with Crippen molar-refractivity contribution in [1.82, 2.24) is 4.90 Å². The number of anilines is 1. The summed E-state index contributed by atoms with van der Waals surface area (Å²) >= 11 is 5.99. The van der Waals surface area contributed by atoms with Crippen LogP contribution in [0.15, 0.2) is 78.9 Å². The quantitative estimate of drug-likeness (QED) is 0.310. The average Bonchev–Trinajstić information content (AvgIpc) is 3.19. The van der Waals surface area contributed by atoms with Gasteiger partial charge in [0.05, 0.1) is 36.7 Å². The minimum Gasteiger partial charge on any atom is -0.462 e. The van der Waals surface area contributed by atoms with E-state index in [0.29, 0.717) is 16.3 Å². The fraction of sp³-hybridized carbons (Fsp3) is 0.241. The molecule has 1 aliphatic rings. The topological polar surface area (TPSA) is 84.0 Å². The maximum Gasteiger partial charge on any atom is 0.338 e. The Balaban J connectivity index is 1.63. The number of benzene rings is 3. The number of rotatable bonds is 8. The van der Waals surface area contributed by atoms with E-state index in [-0.39, 0.29) is 25.4 Å². The predicted molar refractivity (Wildman–Crippen MR) is 140 cm³/mol. The lowest BCUT2D eigenvalue weighted by Gasteiger charge is -2.34. The SMILES string of the molecule is CCOC(=O)c1ccc(N2C(=O)CC(N(C(=O)Cc3ccc(Cl)cc3)C(C)c3ccccc3)C2=O)cc1. The standard InChI is InChI=1S/C29H27ClN2O5/c1-3-37-29(36)22-11-15-24(16-12-22)32-27(34)18-25(28(32)35)31(19(2)21-7-5-4-6-8-21)26(33)17-20-9-13-23(30)14-10-20/h4-16,19,25H,3,17-18H2,1-2H3. The molecule has 4 rings (SSSR count). The van der Waals surface area contributed by atoms with E-state index in [1.54, 1.807) is 31.2 Å². The third-order valence-electron chi connectivity index (χ3n) is 6.35. The van der Waals surface area contributed by atoms with Gasteiger partial charge in [0.15, 0.2) is 0 Å². The van der Waals surface area contributed by atoms with E-state index in [9.17, 15) is 19.2 Å². The molecule has 0 aliphatic carbocycles. The molecule has 1 saturated heterocycles. The molecule has 2 unspecified atom stereocenters.